The highest BCUT2D eigenvalue weighted by molar-refractivity contribution is 5.67. The van der Waals surface area contributed by atoms with Gasteiger partial charge in [-0.25, -0.2) is 0 Å². The standard InChI is InChI=1S/C25H30O5/c1-28-21(17-23(26)27)10-11-24-12-14-25(15-13-24,29-18-24)19-6-5-9-22(16-19)30-20-7-3-2-4-8-20/h2-9,16,21H,10-15,17-18H2,1H3,(H,26,27). The Morgan fingerprint density at radius 3 is 2.43 bits per heavy atom. The minimum Gasteiger partial charge on any atom is -0.481 e. The van der Waals surface area contributed by atoms with Crippen molar-refractivity contribution in [3.8, 4) is 11.5 Å². The lowest BCUT2D eigenvalue weighted by Gasteiger charge is -2.53. The number of carboxylic acids is 1. The van der Waals surface area contributed by atoms with E-state index in [9.17, 15) is 4.79 Å². The van der Waals surface area contributed by atoms with Gasteiger partial charge in [-0.15, -0.1) is 0 Å². The molecule has 1 saturated carbocycles. The Morgan fingerprint density at radius 2 is 1.80 bits per heavy atom. The predicted octanol–water partition coefficient (Wildman–Crippen LogP) is 5.53. The van der Waals surface area contributed by atoms with Crippen molar-refractivity contribution in [2.75, 3.05) is 13.7 Å². The summed E-state index contributed by atoms with van der Waals surface area (Å²) in [4.78, 5) is 11.0. The van der Waals surface area contributed by atoms with Crippen molar-refractivity contribution < 1.29 is 24.1 Å². The van der Waals surface area contributed by atoms with Gasteiger partial charge in [-0.3, -0.25) is 4.79 Å². The van der Waals surface area contributed by atoms with Gasteiger partial charge in [0.15, 0.2) is 0 Å². The largest absolute Gasteiger partial charge is 0.481 e. The fourth-order valence-electron chi connectivity index (χ4n) is 4.89. The van der Waals surface area contributed by atoms with E-state index in [-0.39, 0.29) is 23.5 Å². The van der Waals surface area contributed by atoms with Gasteiger partial charge in [0.05, 0.1) is 24.7 Å². The Balaban J connectivity index is 1.40. The molecule has 3 aliphatic rings. The summed E-state index contributed by atoms with van der Waals surface area (Å²) in [6, 6.07) is 18.1. The van der Waals surface area contributed by atoms with E-state index in [0.29, 0.717) is 0 Å². The number of hydrogen-bond donors (Lipinski definition) is 1. The van der Waals surface area contributed by atoms with Crippen LogP contribution in [-0.2, 0) is 19.9 Å². The summed E-state index contributed by atoms with van der Waals surface area (Å²) in [5.41, 5.74) is 1.10. The van der Waals surface area contributed by atoms with Crippen LogP contribution in [0.3, 0.4) is 0 Å². The Morgan fingerprint density at radius 1 is 1.07 bits per heavy atom. The van der Waals surface area contributed by atoms with E-state index in [2.05, 4.69) is 12.1 Å². The molecule has 0 aromatic heterocycles. The molecular weight excluding hydrogens is 380 g/mol. The molecule has 5 rings (SSSR count). The number of para-hydroxylation sites is 1. The molecule has 1 unspecified atom stereocenters. The average Bonchev–Trinajstić information content (AvgIpc) is 2.78. The molecule has 2 aromatic carbocycles. The fourth-order valence-corrected chi connectivity index (χ4v) is 4.89. The lowest BCUT2D eigenvalue weighted by molar-refractivity contribution is -0.193. The van der Waals surface area contributed by atoms with Crippen molar-refractivity contribution in [1.82, 2.24) is 0 Å². The Kier molecular flexibility index (Phi) is 6.11. The normalized spacial score (nSPS) is 26.3. The van der Waals surface area contributed by atoms with Gasteiger partial charge >= 0.3 is 5.97 Å². The van der Waals surface area contributed by atoms with Crippen LogP contribution in [-0.4, -0.2) is 30.9 Å². The van der Waals surface area contributed by atoms with Gasteiger partial charge in [0.1, 0.15) is 11.5 Å². The summed E-state index contributed by atoms with van der Waals surface area (Å²) >= 11 is 0. The molecule has 1 aliphatic carbocycles. The Labute approximate surface area is 178 Å². The van der Waals surface area contributed by atoms with Crippen molar-refractivity contribution in [3.05, 3.63) is 60.2 Å². The second kappa shape index (κ2) is 8.78. The van der Waals surface area contributed by atoms with Gasteiger partial charge in [-0.05, 0) is 73.8 Å². The van der Waals surface area contributed by atoms with E-state index in [1.165, 1.54) is 5.56 Å². The molecule has 2 heterocycles. The highest BCUT2D eigenvalue weighted by Crippen LogP contribution is 2.55. The lowest BCUT2D eigenvalue weighted by atomic mass is 9.62. The van der Waals surface area contributed by atoms with Crippen LogP contribution in [0.4, 0.5) is 0 Å². The van der Waals surface area contributed by atoms with Crippen LogP contribution in [0.5, 0.6) is 11.5 Å². The van der Waals surface area contributed by atoms with E-state index in [4.69, 9.17) is 19.3 Å². The number of rotatable bonds is 9. The number of carboxylic acid groups (broad SMARTS) is 1. The van der Waals surface area contributed by atoms with E-state index in [1.54, 1.807) is 7.11 Å². The summed E-state index contributed by atoms with van der Waals surface area (Å²) in [7, 11) is 1.60. The average molecular weight is 411 g/mol. The van der Waals surface area contributed by atoms with Gasteiger partial charge in [-0.1, -0.05) is 30.3 Å². The first kappa shape index (κ1) is 20.9. The number of methoxy groups -OCH3 is 1. The van der Waals surface area contributed by atoms with E-state index < -0.39 is 5.97 Å². The molecule has 30 heavy (non-hydrogen) atoms. The van der Waals surface area contributed by atoms with Crippen LogP contribution in [0.1, 0.15) is 50.5 Å². The molecule has 0 spiro atoms. The third-order valence-corrected chi connectivity index (χ3v) is 6.84. The molecule has 1 atom stereocenters. The zero-order valence-corrected chi connectivity index (χ0v) is 17.5. The van der Waals surface area contributed by atoms with Crippen LogP contribution in [0.15, 0.2) is 54.6 Å². The third-order valence-electron chi connectivity index (χ3n) is 6.84. The van der Waals surface area contributed by atoms with E-state index in [1.807, 2.05) is 42.5 Å². The highest BCUT2D eigenvalue weighted by atomic mass is 16.5. The van der Waals surface area contributed by atoms with E-state index in [0.717, 1.165) is 56.6 Å². The summed E-state index contributed by atoms with van der Waals surface area (Å²) in [5.74, 6) is 0.851. The molecule has 5 heteroatoms. The van der Waals surface area contributed by atoms with Crippen LogP contribution in [0.25, 0.3) is 0 Å². The minimum absolute atomic E-state index is 0.0611. The SMILES string of the molecule is COC(CCC12CCC(c3cccc(Oc4ccccc4)c3)(CC1)OC2)CC(=O)O. The number of hydrogen-bond acceptors (Lipinski definition) is 4. The van der Waals surface area contributed by atoms with Gasteiger partial charge in [-0.2, -0.15) is 0 Å². The van der Waals surface area contributed by atoms with Crippen LogP contribution in [0.2, 0.25) is 0 Å². The molecule has 1 N–H and O–H groups in total. The smallest absolute Gasteiger partial charge is 0.305 e. The molecule has 5 nitrogen and oxygen atoms in total. The first-order valence-corrected chi connectivity index (χ1v) is 10.7. The molecule has 2 saturated heterocycles. The zero-order valence-electron chi connectivity index (χ0n) is 17.5. The number of fused-ring (bicyclic) bond motifs is 3. The monoisotopic (exact) mass is 410 g/mol. The van der Waals surface area contributed by atoms with Crippen molar-refractivity contribution in [1.29, 1.82) is 0 Å². The summed E-state index contributed by atoms with van der Waals surface area (Å²) in [6.45, 7) is 0.722. The molecular formula is C25H30O5. The second-order valence-corrected chi connectivity index (χ2v) is 8.72. The maximum absolute atomic E-state index is 11.0. The molecule has 160 valence electrons. The number of aliphatic carboxylic acids is 1. The van der Waals surface area contributed by atoms with Crippen LogP contribution in [0, 0.1) is 5.41 Å². The molecule has 2 aromatic rings. The van der Waals surface area contributed by atoms with Crippen molar-refractivity contribution in [2.24, 2.45) is 5.41 Å². The zero-order chi connectivity index (χ0) is 21.0. The minimum atomic E-state index is -0.806. The Hall–Kier alpha value is -2.37. The molecule has 0 amide bonds. The van der Waals surface area contributed by atoms with Crippen molar-refractivity contribution >= 4 is 5.97 Å². The maximum atomic E-state index is 11.0. The van der Waals surface area contributed by atoms with E-state index >= 15 is 0 Å². The third kappa shape index (κ3) is 4.52. The van der Waals surface area contributed by atoms with Gasteiger partial charge in [0.25, 0.3) is 0 Å². The first-order chi connectivity index (χ1) is 14.5. The van der Waals surface area contributed by atoms with Gasteiger partial charge in [0.2, 0.25) is 0 Å². The van der Waals surface area contributed by atoms with Gasteiger partial charge < -0.3 is 19.3 Å². The number of carbonyl (C=O) groups is 1. The second-order valence-electron chi connectivity index (χ2n) is 8.72. The summed E-state index contributed by atoms with van der Waals surface area (Å²) in [5, 5.41) is 9.04. The molecule has 2 aliphatic heterocycles. The fraction of sp³-hybridized carbons (Fsp3) is 0.480. The summed E-state index contributed by atoms with van der Waals surface area (Å²) in [6.07, 6.45) is 5.71. The van der Waals surface area contributed by atoms with Crippen LogP contribution < -0.4 is 4.74 Å². The number of ether oxygens (including phenoxy) is 3. The predicted molar refractivity (Wildman–Crippen MR) is 114 cm³/mol. The summed E-state index contributed by atoms with van der Waals surface area (Å²) < 4.78 is 17.9. The molecule has 2 bridgehead atoms. The lowest BCUT2D eigenvalue weighted by Crippen LogP contribution is -2.49. The quantitative estimate of drug-likeness (QED) is 0.588. The topological polar surface area (TPSA) is 65.0 Å². The Bertz CT molecular complexity index is 838. The number of benzene rings is 2. The highest BCUT2D eigenvalue weighted by Gasteiger charge is 2.50. The van der Waals surface area contributed by atoms with Gasteiger partial charge in [0, 0.05) is 7.11 Å². The molecule has 0 radical (unpaired) electrons. The molecule has 3 fully saturated rings. The van der Waals surface area contributed by atoms with Crippen LogP contribution >= 0.6 is 0 Å². The maximum Gasteiger partial charge on any atom is 0.305 e. The van der Waals surface area contributed by atoms with Crippen molar-refractivity contribution in [3.63, 3.8) is 0 Å². The first-order valence-electron chi connectivity index (χ1n) is 10.7. The van der Waals surface area contributed by atoms with Crippen molar-refractivity contribution in [2.45, 2.75) is 56.7 Å².